The van der Waals surface area contributed by atoms with Crippen LogP contribution in [0.15, 0.2) is 67.1 Å². The summed E-state index contributed by atoms with van der Waals surface area (Å²) in [4.78, 5) is 18.8. The van der Waals surface area contributed by atoms with Crippen molar-refractivity contribution in [3.05, 3.63) is 83.9 Å². The lowest BCUT2D eigenvalue weighted by Gasteiger charge is -2.21. The van der Waals surface area contributed by atoms with Gasteiger partial charge in [-0.25, -0.2) is 4.98 Å². The van der Waals surface area contributed by atoms with Crippen LogP contribution in [0.4, 0.5) is 5.69 Å². The lowest BCUT2D eigenvalue weighted by Crippen LogP contribution is -2.43. The lowest BCUT2D eigenvalue weighted by molar-refractivity contribution is -0.119. The van der Waals surface area contributed by atoms with E-state index in [1.165, 1.54) is 11.1 Å². The Morgan fingerprint density at radius 3 is 2.43 bits per heavy atom. The maximum atomic E-state index is 12.7. The number of amides is 1. The van der Waals surface area contributed by atoms with Crippen molar-refractivity contribution in [3.8, 4) is 0 Å². The SMILES string of the molecule is CC(C)c1ccc(N(C)C(=O)[C@@H](N)Cc2cn(Cc3ccccc3)cn2)cc1. The molecule has 5 nitrogen and oxygen atoms in total. The summed E-state index contributed by atoms with van der Waals surface area (Å²) in [6.07, 6.45) is 4.15. The molecule has 0 fully saturated rings. The fourth-order valence-electron chi connectivity index (χ4n) is 3.16. The Morgan fingerprint density at radius 1 is 1.11 bits per heavy atom. The number of aromatic nitrogens is 2. The Morgan fingerprint density at radius 2 is 1.79 bits per heavy atom. The highest BCUT2D eigenvalue weighted by Gasteiger charge is 2.20. The van der Waals surface area contributed by atoms with Gasteiger partial charge in [-0.05, 0) is 29.2 Å². The van der Waals surface area contributed by atoms with Crippen LogP contribution < -0.4 is 10.6 Å². The van der Waals surface area contributed by atoms with Gasteiger partial charge in [0.15, 0.2) is 0 Å². The van der Waals surface area contributed by atoms with Crippen molar-refractivity contribution in [2.75, 3.05) is 11.9 Å². The molecule has 0 bridgehead atoms. The smallest absolute Gasteiger partial charge is 0.244 e. The molecule has 2 N–H and O–H groups in total. The predicted octanol–water partition coefficient (Wildman–Crippen LogP) is 3.59. The molecule has 0 radical (unpaired) electrons. The Bertz CT molecular complexity index is 900. The number of nitrogens with two attached hydrogens (primary N) is 1. The van der Waals surface area contributed by atoms with Crippen LogP contribution in [-0.4, -0.2) is 28.5 Å². The average Bonchev–Trinajstić information content (AvgIpc) is 3.14. The highest BCUT2D eigenvalue weighted by Crippen LogP contribution is 2.20. The van der Waals surface area contributed by atoms with Crippen molar-refractivity contribution in [1.29, 1.82) is 0 Å². The summed E-state index contributed by atoms with van der Waals surface area (Å²) < 4.78 is 2.01. The quantitative estimate of drug-likeness (QED) is 0.685. The van der Waals surface area contributed by atoms with Crippen molar-refractivity contribution in [2.24, 2.45) is 5.73 Å². The van der Waals surface area contributed by atoms with Crippen molar-refractivity contribution < 1.29 is 4.79 Å². The Hall–Kier alpha value is -2.92. The summed E-state index contributed by atoms with van der Waals surface area (Å²) in [6.45, 7) is 5.05. The van der Waals surface area contributed by atoms with E-state index in [-0.39, 0.29) is 5.91 Å². The molecule has 1 atom stereocenters. The minimum atomic E-state index is -0.630. The minimum absolute atomic E-state index is 0.116. The van der Waals surface area contributed by atoms with Crippen molar-refractivity contribution in [1.82, 2.24) is 9.55 Å². The van der Waals surface area contributed by atoms with Gasteiger partial charge in [0.2, 0.25) is 5.91 Å². The molecular formula is C23H28N4O. The summed E-state index contributed by atoms with van der Waals surface area (Å²) in [5.41, 5.74) is 10.3. The number of nitrogens with zero attached hydrogens (tertiary/aromatic N) is 3. The predicted molar refractivity (Wildman–Crippen MR) is 113 cm³/mol. The molecule has 0 aliphatic heterocycles. The first-order chi connectivity index (χ1) is 13.4. The van der Waals surface area contributed by atoms with Gasteiger partial charge >= 0.3 is 0 Å². The standard InChI is InChI=1S/C23H28N4O/c1-17(2)19-9-11-21(12-10-19)26(3)23(28)22(24)13-20-15-27(16-25-20)14-18-7-5-4-6-8-18/h4-12,15-17,22H,13-14,24H2,1-3H3/t22-/m0/s1. The van der Waals surface area contributed by atoms with Gasteiger partial charge in [0.25, 0.3) is 0 Å². The highest BCUT2D eigenvalue weighted by atomic mass is 16.2. The summed E-state index contributed by atoms with van der Waals surface area (Å²) in [5, 5.41) is 0. The van der Waals surface area contributed by atoms with E-state index in [4.69, 9.17) is 5.73 Å². The number of hydrogen-bond acceptors (Lipinski definition) is 3. The largest absolute Gasteiger partial charge is 0.333 e. The Balaban J connectivity index is 1.60. The molecule has 2 aromatic carbocycles. The highest BCUT2D eigenvalue weighted by molar-refractivity contribution is 5.96. The number of likely N-dealkylation sites (N-methyl/N-ethyl adjacent to an activating group) is 1. The van der Waals surface area contributed by atoms with Crippen LogP contribution in [0.1, 0.15) is 36.6 Å². The van der Waals surface area contributed by atoms with E-state index in [2.05, 4.69) is 43.1 Å². The molecule has 5 heteroatoms. The number of carbonyl (C=O) groups is 1. The molecule has 1 heterocycles. The fourth-order valence-corrected chi connectivity index (χ4v) is 3.16. The topological polar surface area (TPSA) is 64.2 Å². The zero-order valence-corrected chi connectivity index (χ0v) is 16.7. The van der Waals surface area contributed by atoms with E-state index in [1.807, 2.05) is 41.1 Å². The second-order valence-corrected chi connectivity index (χ2v) is 7.48. The molecule has 0 aliphatic rings. The summed E-state index contributed by atoms with van der Waals surface area (Å²) >= 11 is 0. The third kappa shape index (κ3) is 4.87. The first-order valence-electron chi connectivity index (χ1n) is 9.61. The monoisotopic (exact) mass is 376 g/mol. The molecular weight excluding hydrogens is 348 g/mol. The molecule has 3 aromatic rings. The summed E-state index contributed by atoms with van der Waals surface area (Å²) in [5.74, 6) is 0.346. The molecule has 3 rings (SSSR count). The van der Waals surface area contributed by atoms with Gasteiger partial charge in [0.1, 0.15) is 0 Å². The minimum Gasteiger partial charge on any atom is -0.333 e. The van der Waals surface area contributed by atoms with Gasteiger partial charge < -0.3 is 15.2 Å². The van der Waals surface area contributed by atoms with Gasteiger partial charge in [-0.3, -0.25) is 4.79 Å². The van der Waals surface area contributed by atoms with E-state index in [9.17, 15) is 4.79 Å². The van der Waals surface area contributed by atoms with Crippen LogP contribution in [0, 0.1) is 0 Å². The molecule has 0 spiro atoms. The van der Waals surface area contributed by atoms with E-state index < -0.39 is 6.04 Å². The number of anilines is 1. The first kappa shape index (κ1) is 19.8. The van der Waals surface area contributed by atoms with E-state index >= 15 is 0 Å². The average molecular weight is 377 g/mol. The Kier molecular flexibility index (Phi) is 6.26. The normalized spacial score (nSPS) is 12.2. The first-order valence-corrected chi connectivity index (χ1v) is 9.61. The van der Waals surface area contributed by atoms with E-state index in [1.54, 1.807) is 18.3 Å². The fraction of sp³-hybridized carbons (Fsp3) is 0.304. The van der Waals surface area contributed by atoms with Crippen LogP contribution >= 0.6 is 0 Å². The second-order valence-electron chi connectivity index (χ2n) is 7.48. The number of rotatable bonds is 7. The third-order valence-corrected chi connectivity index (χ3v) is 4.92. The van der Waals surface area contributed by atoms with Crippen LogP contribution in [-0.2, 0) is 17.8 Å². The maximum absolute atomic E-state index is 12.7. The molecule has 0 saturated heterocycles. The van der Waals surface area contributed by atoms with E-state index in [0.29, 0.717) is 12.3 Å². The maximum Gasteiger partial charge on any atom is 0.244 e. The van der Waals surface area contributed by atoms with Gasteiger partial charge in [-0.1, -0.05) is 56.3 Å². The molecule has 1 aromatic heterocycles. The number of benzene rings is 2. The summed E-state index contributed by atoms with van der Waals surface area (Å²) in [6, 6.07) is 17.6. The van der Waals surface area contributed by atoms with Gasteiger partial charge in [-0.2, -0.15) is 0 Å². The molecule has 1 amide bonds. The van der Waals surface area contributed by atoms with Crippen molar-refractivity contribution in [2.45, 2.75) is 38.8 Å². The number of imidazole rings is 1. The van der Waals surface area contributed by atoms with Crippen LogP contribution in [0.25, 0.3) is 0 Å². The van der Waals surface area contributed by atoms with Crippen molar-refractivity contribution in [3.63, 3.8) is 0 Å². The zero-order chi connectivity index (χ0) is 20.1. The van der Waals surface area contributed by atoms with Gasteiger partial charge in [-0.15, -0.1) is 0 Å². The van der Waals surface area contributed by atoms with Crippen LogP contribution in [0.5, 0.6) is 0 Å². The number of carbonyl (C=O) groups excluding carboxylic acids is 1. The molecule has 146 valence electrons. The lowest BCUT2D eigenvalue weighted by atomic mass is 10.0. The molecule has 0 aliphatic carbocycles. The molecule has 28 heavy (non-hydrogen) atoms. The number of hydrogen-bond donors (Lipinski definition) is 1. The van der Waals surface area contributed by atoms with Crippen LogP contribution in [0.2, 0.25) is 0 Å². The molecule has 0 unspecified atom stereocenters. The van der Waals surface area contributed by atoms with E-state index in [0.717, 1.165) is 17.9 Å². The summed E-state index contributed by atoms with van der Waals surface area (Å²) in [7, 11) is 1.76. The van der Waals surface area contributed by atoms with Crippen LogP contribution in [0.3, 0.4) is 0 Å². The zero-order valence-electron chi connectivity index (χ0n) is 16.7. The molecule has 0 saturated carbocycles. The van der Waals surface area contributed by atoms with Gasteiger partial charge in [0, 0.05) is 31.9 Å². The van der Waals surface area contributed by atoms with Gasteiger partial charge in [0.05, 0.1) is 18.1 Å². The Labute approximate surface area is 166 Å². The van der Waals surface area contributed by atoms with Crippen molar-refractivity contribution >= 4 is 11.6 Å². The second kappa shape index (κ2) is 8.85. The third-order valence-electron chi connectivity index (χ3n) is 4.92.